The predicted octanol–water partition coefficient (Wildman–Crippen LogP) is 0.346. The zero-order valence-corrected chi connectivity index (χ0v) is 6.55. The molecule has 0 aromatic rings. The number of hydrogen-bond donors (Lipinski definition) is 1. The van der Waals surface area contributed by atoms with Gasteiger partial charge in [0, 0.05) is 6.92 Å². The average Bonchev–Trinajstić information content (AvgIpc) is 1.81. The second-order valence-corrected chi connectivity index (χ2v) is 2.61. The molecule has 0 heterocycles. The molecule has 1 N–H and O–H groups in total. The lowest BCUT2D eigenvalue weighted by Gasteiger charge is -2.13. The number of carbonyl (C=O) groups excluding carboxylic acids is 2. The maximum Gasteiger partial charge on any atom is 0.217 e. The van der Waals surface area contributed by atoms with Gasteiger partial charge in [-0.2, -0.15) is 0 Å². The zero-order chi connectivity index (χ0) is 8.15. The SMILES string of the molecule is CC(=O)N[C@@H](C=O)C(C)C. The van der Waals surface area contributed by atoms with Crippen LogP contribution < -0.4 is 5.32 Å². The van der Waals surface area contributed by atoms with Gasteiger partial charge in [0.1, 0.15) is 6.29 Å². The van der Waals surface area contributed by atoms with E-state index in [1.165, 1.54) is 6.92 Å². The lowest BCUT2D eigenvalue weighted by molar-refractivity contribution is -0.122. The first-order valence-corrected chi connectivity index (χ1v) is 3.30. The van der Waals surface area contributed by atoms with Crippen molar-refractivity contribution in [3.8, 4) is 0 Å². The van der Waals surface area contributed by atoms with Gasteiger partial charge in [0.2, 0.25) is 5.91 Å². The number of carbonyl (C=O) groups is 2. The molecule has 1 atom stereocenters. The van der Waals surface area contributed by atoms with Crippen LogP contribution in [0.5, 0.6) is 0 Å². The van der Waals surface area contributed by atoms with Crippen molar-refractivity contribution in [3.05, 3.63) is 0 Å². The first-order chi connectivity index (χ1) is 4.57. The van der Waals surface area contributed by atoms with Gasteiger partial charge in [-0.05, 0) is 5.92 Å². The predicted molar refractivity (Wildman–Crippen MR) is 38.5 cm³/mol. The van der Waals surface area contributed by atoms with Gasteiger partial charge in [0.05, 0.1) is 6.04 Å². The average molecular weight is 143 g/mol. The van der Waals surface area contributed by atoms with Gasteiger partial charge in [-0.1, -0.05) is 13.8 Å². The Labute approximate surface area is 60.8 Å². The molecule has 58 valence electrons. The highest BCUT2D eigenvalue weighted by atomic mass is 16.2. The summed E-state index contributed by atoms with van der Waals surface area (Å²) in [5.74, 6) is 0.00667. The number of hydrogen-bond acceptors (Lipinski definition) is 2. The molecule has 0 spiro atoms. The fraction of sp³-hybridized carbons (Fsp3) is 0.714. The van der Waals surface area contributed by atoms with Crippen LogP contribution in [0.3, 0.4) is 0 Å². The van der Waals surface area contributed by atoms with Crippen molar-refractivity contribution in [1.82, 2.24) is 5.32 Å². The normalized spacial score (nSPS) is 12.8. The Morgan fingerprint density at radius 1 is 1.50 bits per heavy atom. The van der Waals surface area contributed by atoms with Gasteiger partial charge in [0.25, 0.3) is 0 Å². The van der Waals surface area contributed by atoms with Crippen LogP contribution >= 0.6 is 0 Å². The van der Waals surface area contributed by atoms with Crippen molar-refractivity contribution in [3.63, 3.8) is 0 Å². The van der Waals surface area contributed by atoms with E-state index in [-0.39, 0.29) is 17.9 Å². The van der Waals surface area contributed by atoms with Gasteiger partial charge < -0.3 is 10.1 Å². The number of amides is 1. The molecule has 0 radical (unpaired) electrons. The molecule has 0 rings (SSSR count). The van der Waals surface area contributed by atoms with Crippen molar-refractivity contribution in [2.24, 2.45) is 5.92 Å². The van der Waals surface area contributed by atoms with E-state index in [9.17, 15) is 9.59 Å². The molecule has 10 heavy (non-hydrogen) atoms. The van der Waals surface area contributed by atoms with Crippen molar-refractivity contribution in [1.29, 1.82) is 0 Å². The van der Waals surface area contributed by atoms with Crippen molar-refractivity contribution in [2.45, 2.75) is 26.8 Å². The standard InChI is InChI=1S/C7H13NO2/c1-5(2)7(4-9)8-6(3)10/h4-5,7H,1-3H3,(H,8,10)/t7-/m0/s1. The number of aldehydes is 1. The van der Waals surface area contributed by atoms with Gasteiger partial charge in [-0.25, -0.2) is 0 Å². The summed E-state index contributed by atoms with van der Waals surface area (Å²) >= 11 is 0. The monoisotopic (exact) mass is 143 g/mol. The van der Waals surface area contributed by atoms with Crippen LogP contribution in [-0.4, -0.2) is 18.2 Å². The molecule has 0 aliphatic heterocycles. The molecule has 0 aromatic carbocycles. The van der Waals surface area contributed by atoms with Crippen LogP contribution in [0.2, 0.25) is 0 Å². The lowest BCUT2D eigenvalue weighted by atomic mass is 10.1. The molecule has 0 saturated heterocycles. The molecule has 3 nitrogen and oxygen atoms in total. The Hall–Kier alpha value is -0.860. The summed E-state index contributed by atoms with van der Waals surface area (Å²) in [6.07, 6.45) is 0.756. The van der Waals surface area contributed by atoms with E-state index in [4.69, 9.17) is 0 Å². The van der Waals surface area contributed by atoms with E-state index in [0.717, 1.165) is 6.29 Å². The quantitative estimate of drug-likeness (QED) is 0.579. The van der Waals surface area contributed by atoms with Gasteiger partial charge in [-0.3, -0.25) is 4.79 Å². The Kier molecular flexibility index (Phi) is 3.69. The van der Waals surface area contributed by atoms with Gasteiger partial charge >= 0.3 is 0 Å². The third-order valence-electron chi connectivity index (χ3n) is 1.23. The lowest BCUT2D eigenvalue weighted by Crippen LogP contribution is -2.38. The van der Waals surface area contributed by atoms with Crippen LogP contribution in [0.25, 0.3) is 0 Å². The molecule has 0 fully saturated rings. The minimum Gasteiger partial charge on any atom is -0.347 e. The van der Waals surface area contributed by atoms with Crippen LogP contribution in [-0.2, 0) is 9.59 Å². The third kappa shape index (κ3) is 3.22. The summed E-state index contributed by atoms with van der Waals surface area (Å²) in [6.45, 7) is 5.17. The number of rotatable bonds is 3. The molecule has 1 amide bonds. The number of nitrogens with one attached hydrogen (secondary N) is 1. The fourth-order valence-electron chi connectivity index (χ4n) is 0.593. The molecular weight excluding hydrogens is 130 g/mol. The van der Waals surface area contributed by atoms with E-state index in [2.05, 4.69) is 5.32 Å². The summed E-state index contributed by atoms with van der Waals surface area (Å²) in [7, 11) is 0. The molecule has 0 aliphatic rings. The van der Waals surface area contributed by atoms with E-state index in [0.29, 0.717) is 0 Å². The topological polar surface area (TPSA) is 46.2 Å². The van der Waals surface area contributed by atoms with Gasteiger partial charge in [0.15, 0.2) is 0 Å². The van der Waals surface area contributed by atoms with Crippen LogP contribution in [0, 0.1) is 5.92 Å². The zero-order valence-electron chi connectivity index (χ0n) is 6.55. The fourth-order valence-corrected chi connectivity index (χ4v) is 0.593. The molecule has 0 unspecified atom stereocenters. The molecule has 3 heteroatoms. The van der Waals surface area contributed by atoms with E-state index < -0.39 is 0 Å². The van der Waals surface area contributed by atoms with E-state index in [1.807, 2.05) is 13.8 Å². The second-order valence-electron chi connectivity index (χ2n) is 2.61. The summed E-state index contributed by atoms with van der Waals surface area (Å²) in [6, 6.07) is -0.336. The molecule has 0 saturated carbocycles. The van der Waals surface area contributed by atoms with Crippen LogP contribution in [0.15, 0.2) is 0 Å². The van der Waals surface area contributed by atoms with Crippen LogP contribution in [0.4, 0.5) is 0 Å². The summed E-state index contributed by atoms with van der Waals surface area (Å²) < 4.78 is 0. The van der Waals surface area contributed by atoms with Crippen molar-refractivity contribution < 1.29 is 9.59 Å². The molecule has 0 aliphatic carbocycles. The summed E-state index contributed by atoms with van der Waals surface area (Å²) in [5.41, 5.74) is 0. The van der Waals surface area contributed by atoms with Gasteiger partial charge in [-0.15, -0.1) is 0 Å². The third-order valence-corrected chi connectivity index (χ3v) is 1.23. The van der Waals surface area contributed by atoms with Crippen LogP contribution in [0.1, 0.15) is 20.8 Å². The minimum absolute atomic E-state index is 0.161. The highest BCUT2D eigenvalue weighted by Gasteiger charge is 2.11. The Morgan fingerprint density at radius 3 is 2.10 bits per heavy atom. The summed E-state index contributed by atoms with van der Waals surface area (Å²) in [5, 5.41) is 2.52. The highest BCUT2D eigenvalue weighted by molar-refractivity contribution is 5.77. The molecular formula is C7H13NO2. The van der Waals surface area contributed by atoms with Crippen molar-refractivity contribution >= 4 is 12.2 Å². The van der Waals surface area contributed by atoms with E-state index >= 15 is 0 Å². The largest absolute Gasteiger partial charge is 0.347 e. The maximum atomic E-state index is 10.4. The smallest absolute Gasteiger partial charge is 0.217 e. The first kappa shape index (κ1) is 9.14. The van der Waals surface area contributed by atoms with E-state index in [1.54, 1.807) is 0 Å². The van der Waals surface area contributed by atoms with Crippen molar-refractivity contribution in [2.75, 3.05) is 0 Å². The first-order valence-electron chi connectivity index (χ1n) is 3.30. The highest BCUT2D eigenvalue weighted by Crippen LogP contribution is 1.97. The second kappa shape index (κ2) is 4.04. The Morgan fingerprint density at radius 2 is 2.00 bits per heavy atom. The minimum atomic E-state index is -0.336. The molecule has 0 aromatic heterocycles. The summed E-state index contributed by atoms with van der Waals surface area (Å²) in [4.78, 5) is 20.7. The Balaban J connectivity index is 3.83. The maximum absolute atomic E-state index is 10.4. The molecule has 0 bridgehead atoms. The Bertz CT molecular complexity index is 132.